The summed E-state index contributed by atoms with van der Waals surface area (Å²) in [6.45, 7) is 3.01. The van der Waals surface area contributed by atoms with E-state index >= 15 is 0 Å². The maximum absolute atomic E-state index is 5.17. The van der Waals surface area contributed by atoms with Gasteiger partial charge in [-0.3, -0.25) is 0 Å². The summed E-state index contributed by atoms with van der Waals surface area (Å²) >= 11 is 1.62. The third-order valence-electron chi connectivity index (χ3n) is 2.60. The molecule has 1 aromatic carbocycles. The number of benzene rings is 1. The van der Waals surface area contributed by atoms with Crippen molar-refractivity contribution >= 4 is 11.3 Å². The molecule has 0 amide bonds. The van der Waals surface area contributed by atoms with Gasteiger partial charge in [0.2, 0.25) is 0 Å². The summed E-state index contributed by atoms with van der Waals surface area (Å²) in [5, 5.41) is 5.52. The molecule has 17 heavy (non-hydrogen) atoms. The quantitative estimate of drug-likeness (QED) is 0.883. The summed E-state index contributed by atoms with van der Waals surface area (Å²) in [4.78, 5) is 4.38. The van der Waals surface area contributed by atoms with E-state index in [1.807, 2.05) is 17.6 Å². The maximum Gasteiger partial charge on any atom is 0.118 e. The molecule has 90 valence electrons. The lowest BCUT2D eigenvalue weighted by molar-refractivity contribution is 0.414. The second-order valence-corrected chi connectivity index (χ2v) is 4.40. The molecule has 1 N–H and O–H groups in total. The Morgan fingerprint density at radius 1 is 1.35 bits per heavy atom. The van der Waals surface area contributed by atoms with E-state index in [1.54, 1.807) is 18.4 Å². The average Bonchev–Trinajstić information content (AvgIpc) is 2.90. The molecule has 1 unspecified atom stereocenters. The second kappa shape index (κ2) is 5.80. The third-order valence-corrected chi connectivity index (χ3v) is 3.21. The van der Waals surface area contributed by atoms with Crippen LogP contribution >= 0.6 is 11.3 Å². The van der Waals surface area contributed by atoms with Crippen LogP contribution in [-0.4, -0.2) is 18.6 Å². The lowest BCUT2D eigenvalue weighted by Crippen LogP contribution is -2.22. The van der Waals surface area contributed by atoms with Crippen LogP contribution in [0.4, 0.5) is 0 Å². The Morgan fingerprint density at radius 3 is 2.65 bits per heavy atom. The van der Waals surface area contributed by atoms with E-state index in [-0.39, 0.29) is 6.04 Å². The average molecular weight is 248 g/mol. The van der Waals surface area contributed by atoms with Gasteiger partial charge >= 0.3 is 0 Å². The Bertz CT molecular complexity index is 439. The molecule has 0 spiro atoms. The summed E-state index contributed by atoms with van der Waals surface area (Å²) in [6, 6.07) is 8.27. The number of hydrogen-bond donors (Lipinski definition) is 1. The highest BCUT2D eigenvalue weighted by atomic mass is 32.1. The molecule has 0 saturated carbocycles. The Balaban J connectivity index is 2.26. The molecule has 1 aromatic heterocycles. The van der Waals surface area contributed by atoms with Gasteiger partial charge in [0.05, 0.1) is 24.4 Å². The van der Waals surface area contributed by atoms with E-state index in [2.05, 4.69) is 34.7 Å². The van der Waals surface area contributed by atoms with Crippen molar-refractivity contribution < 1.29 is 4.74 Å². The fourth-order valence-corrected chi connectivity index (χ4v) is 2.34. The number of aromatic nitrogens is 1. The van der Waals surface area contributed by atoms with Gasteiger partial charge in [-0.1, -0.05) is 19.1 Å². The zero-order chi connectivity index (χ0) is 12.1. The van der Waals surface area contributed by atoms with Crippen LogP contribution in [0.15, 0.2) is 35.2 Å². The van der Waals surface area contributed by atoms with Crippen molar-refractivity contribution in [1.29, 1.82) is 0 Å². The van der Waals surface area contributed by atoms with Crippen LogP contribution in [0.1, 0.15) is 24.2 Å². The van der Waals surface area contributed by atoms with Crippen molar-refractivity contribution in [1.82, 2.24) is 10.3 Å². The summed E-state index contributed by atoms with van der Waals surface area (Å²) in [7, 11) is 1.68. The maximum atomic E-state index is 5.17. The number of nitrogens with one attached hydrogen (secondary N) is 1. The van der Waals surface area contributed by atoms with Gasteiger partial charge in [-0.15, -0.1) is 11.3 Å². The second-order valence-electron chi connectivity index (χ2n) is 3.68. The highest BCUT2D eigenvalue weighted by Gasteiger charge is 2.14. The molecule has 3 nitrogen and oxygen atoms in total. The van der Waals surface area contributed by atoms with Gasteiger partial charge in [0.15, 0.2) is 0 Å². The van der Waals surface area contributed by atoms with Gasteiger partial charge in [-0.05, 0) is 24.2 Å². The monoisotopic (exact) mass is 248 g/mol. The van der Waals surface area contributed by atoms with E-state index in [0.29, 0.717) is 0 Å². The van der Waals surface area contributed by atoms with Gasteiger partial charge in [0.25, 0.3) is 0 Å². The normalized spacial score (nSPS) is 12.4. The van der Waals surface area contributed by atoms with Crippen molar-refractivity contribution in [2.24, 2.45) is 0 Å². The van der Waals surface area contributed by atoms with E-state index in [0.717, 1.165) is 18.0 Å². The van der Waals surface area contributed by atoms with Crippen LogP contribution < -0.4 is 10.1 Å². The molecule has 0 aliphatic carbocycles. The molecule has 0 aliphatic rings. The molecule has 0 fully saturated rings. The molecule has 2 aromatic rings. The third kappa shape index (κ3) is 2.84. The molecule has 0 bridgehead atoms. The van der Waals surface area contributed by atoms with E-state index < -0.39 is 0 Å². The number of methoxy groups -OCH3 is 1. The summed E-state index contributed by atoms with van der Waals surface area (Å²) in [6.07, 6.45) is 0. The topological polar surface area (TPSA) is 34.1 Å². The summed E-state index contributed by atoms with van der Waals surface area (Å²) in [5.41, 5.74) is 4.14. The van der Waals surface area contributed by atoms with E-state index in [4.69, 9.17) is 4.74 Å². The van der Waals surface area contributed by atoms with Crippen LogP contribution in [-0.2, 0) is 0 Å². The number of ether oxygens (including phenoxy) is 1. The lowest BCUT2D eigenvalue weighted by atomic mass is 10.0. The summed E-state index contributed by atoms with van der Waals surface area (Å²) in [5.74, 6) is 0.877. The Labute approximate surface area is 105 Å². The first-order valence-electron chi connectivity index (χ1n) is 5.60. The zero-order valence-corrected chi connectivity index (χ0v) is 10.8. The number of thiazole rings is 1. The van der Waals surface area contributed by atoms with Crippen LogP contribution in [0, 0.1) is 0 Å². The van der Waals surface area contributed by atoms with Gasteiger partial charge in [0.1, 0.15) is 5.75 Å². The fraction of sp³-hybridized carbons (Fsp3) is 0.308. The first-order valence-corrected chi connectivity index (χ1v) is 6.55. The molecule has 0 aliphatic heterocycles. The smallest absolute Gasteiger partial charge is 0.118 e. The SMILES string of the molecule is CCNC(c1ccc(OC)cc1)c1cscn1. The molecular weight excluding hydrogens is 232 g/mol. The Hall–Kier alpha value is -1.39. The van der Waals surface area contributed by atoms with Gasteiger partial charge in [0, 0.05) is 5.38 Å². The van der Waals surface area contributed by atoms with Crippen molar-refractivity contribution in [3.8, 4) is 5.75 Å². The number of rotatable bonds is 5. The fourth-order valence-electron chi connectivity index (χ4n) is 1.76. The summed E-state index contributed by atoms with van der Waals surface area (Å²) < 4.78 is 5.17. The molecule has 0 radical (unpaired) electrons. The molecule has 1 atom stereocenters. The molecular formula is C13H16N2OS. The van der Waals surface area contributed by atoms with Crippen molar-refractivity contribution in [2.75, 3.05) is 13.7 Å². The zero-order valence-electron chi connectivity index (χ0n) is 10.0. The number of hydrogen-bond acceptors (Lipinski definition) is 4. The standard InChI is InChI=1S/C13H16N2OS/c1-3-14-13(12-8-17-9-15-12)10-4-6-11(16-2)7-5-10/h4-9,13-14H,3H2,1-2H3. The van der Waals surface area contributed by atoms with Gasteiger partial charge < -0.3 is 10.1 Å². The number of nitrogens with zero attached hydrogens (tertiary/aromatic N) is 1. The highest BCUT2D eigenvalue weighted by molar-refractivity contribution is 7.07. The lowest BCUT2D eigenvalue weighted by Gasteiger charge is -2.16. The Kier molecular flexibility index (Phi) is 4.12. The van der Waals surface area contributed by atoms with E-state index in [9.17, 15) is 0 Å². The predicted molar refractivity (Wildman–Crippen MR) is 70.6 cm³/mol. The minimum absolute atomic E-state index is 0.164. The van der Waals surface area contributed by atoms with Gasteiger partial charge in [-0.2, -0.15) is 0 Å². The highest BCUT2D eigenvalue weighted by Crippen LogP contribution is 2.23. The van der Waals surface area contributed by atoms with Crippen LogP contribution in [0.5, 0.6) is 5.75 Å². The van der Waals surface area contributed by atoms with Gasteiger partial charge in [-0.25, -0.2) is 4.98 Å². The first-order chi connectivity index (χ1) is 8.35. The van der Waals surface area contributed by atoms with Crippen LogP contribution in [0.2, 0.25) is 0 Å². The predicted octanol–water partition coefficient (Wildman–Crippen LogP) is 2.85. The molecule has 2 rings (SSSR count). The largest absolute Gasteiger partial charge is 0.497 e. The van der Waals surface area contributed by atoms with Crippen LogP contribution in [0.3, 0.4) is 0 Å². The first kappa shape index (κ1) is 12.1. The molecule has 1 heterocycles. The molecule has 0 saturated heterocycles. The minimum Gasteiger partial charge on any atom is -0.497 e. The van der Waals surface area contributed by atoms with E-state index in [1.165, 1.54) is 5.56 Å². The van der Waals surface area contributed by atoms with Crippen molar-refractivity contribution in [2.45, 2.75) is 13.0 Å². The Morgan fingerprint density at radius 2 is 2.12 bits per heavy atom. The van der Waals surface area contributed by atoms with Crippen LogP contribution in [0.25, 0.3) is 0 Å². The van der Waals surface area contributed by atoms with Crippen molar-refractivity contribution in [3.63, 3.8) is 0 Å². The minimum atomic E-state index is 0.164. The van der Waals surface area contributed by atoms with Crippen molar-refractivity contribution in [3.05, 3.63) is 46.4 Å². The molecule has 4 heteroatoms.